The van der Waals surface area contributed by atoms with E-state index < -0.39 is 11.8 Å². The number of aliphatic carboxylic acids is 1. The Morgan fingerprint density at radius 1 is 1.33 bits per heavy atom. The van der Waals surface area contributed by atoms with Crippen LogP contribution in [0.4, 0.5) is 10.1 Å². The fraction of sp³-hybridized carbons (Fsp3) is 0.467. The van der Waals surface area contributed by atoms with Crippen molar-refractivity contribution < 1.29 is 23.8 Å². The molecule has 2 N–H and O–H groups in total. The molecule has 0 spiro atoms. The third kappa shape index (κ3) is 4.82. The van der Waals surface area contributed by atoms with E-state index in [2.05, 4.69) is 5.32 Å². The zero-order chi connectivity index (χ0) is 15.2. The number of amides is 1. The molecule has 21 heavy (non-hydrogen) atoms. The molecule has 1 aromatic rings. The van der Waals surface area contributed by atoms with Crippen LogP contribution in [0.25, 0.3) is 0 Å². The average molecular weight is 295 g/mol. The molecule has 0 bridgehead atoms. The van der Waals surface area contributed by atoms with Crippen LogP contribution in [0, 0.1) is 5.82 Å². The second kappa shape index (κ2) is 7.17. The smallest absolute Gasteiger partial charge is 0.307 e. The molecule has 5 nitrogen and oxygen atoms in total. The predicted molar refractivity (Wildman–Crippen MR) is 74.6 cm³/mol. The monoisotopic (exact) mass is 295 g/mol. The van der Waals surface area contributed by atoms with E-state index in [9.17, 15) is 14.0 Å². The van der Waals surface area contributed by atoms with E-state index in [1.165, 1.54) is 12.1 Å². The van der Waals surface area contributed by atoms with Crippen molar-refractivity contribution in [1.82, 2.24) is 0 Å². The SMILES string of the molecule is O=C(O)Cc1ccc(NC(=O)COC2CCCC2)cc1F. The predicted octanol–water partition coefficient (Wildman–Crippen LogP) is 2.35. The number of ether oxygens (including phenoxy) is 1. The van der Waals surface area contributed by atoms with E-state index in [4.69, 9.17) is 9.84 Å². The lowest BCUT2D eigenvalue weighted by molar-refractivity contribution is -0.136. The molecule has 0 aromatic heterocycles. The lowest BCUT2D eigenvalue weighted by Gasteiger charge is -2.11. The summed E-state index contributed by atoms with van der Waals surface area (Å²) in [6.07, 6.45) is 3.97. The van der Waals surface area contributed by atoms with Crippen molar-refractivity contribution in [2.75, 3.05) is 11.9 Å². The van der Waals surface area contributed by atoms with Crippen LogP contribution in [-0.2, 0) is 20.7 Å². The maximum atomic E-state index is 13.6. The van der Waals surface area contributed by atoms with Gasteiger partial charge in [0, 0.05) is 5.69 Å². The van der Waals surface area contributed by atoms with Crippen molar-refractivity contribution >= 4 is 17.6 Å². The van der Waals surface area contributed by atoms with E-state index >= 15 is 0 Å². The summed E-state index contributed by atoms with van der Waals surface area (Å²) >= 11 is 0. The zero-order valence-corrected chi connectivity index (χ0v) is 11.6. The highest BCUT2D eigenvalue weighted by atomic mass is 19.1. The van der Waals surface area contributed by atoms with Crippen LogP contribution >= 0.6 is 0 Å². The molecule has 1 amide bonds. The lowest BCUT2D eigenvalue weighted by Crippen LogP contribution is -2.22. The van der Waals surface area contributed by atoms with Gasteiger partial charge < -0.3 is 15.2 Å². The molecule has 6 heteroatoms. The van der Waals surface area contributed by atoms with Crippen LogP contribution in [0.1, 0.15) is 31.2 Å². The largest absolute Gasteiger partial charge is 0.481 e. The molecule has 1 saturated carbocycles. The minimum absolute atomic E-state index is 0.0524. The summed E-state index contributed by atoms with van der Waals surface area (Å²) < 4.78 is 19.1. The van der Waals surface area contributed by atoms with Gasteiger partial charge in [-0.1, -0.05) is 18.9 Å². The summed E-state index contributed by atoms with van der Waals surface area (Å²) in [6, 6.07) is 3.96. The molecule has 0 radical (unpaired) electrons. The third-order valence-electron chi connectivity index (χ3n) is 3.43. The molecule has 0 atom stereocenters. The highest BCUT2D eigenvalue weighted by Crippen LogP contribution is 2.21. The van der Waals surface area contributed by atoms with Crippen LogP contribution in [0.5, 0.6) is 0 Å². The molecular weight excluding hydrogens is 277 g/mol. The summed E-state index contributed by atoms with van der Waals surface area (Å²) in [6.45, 7) is -0.0524. The van der Waals surface area contributed by atoms with Gasteiger partial charge in [-0.3, -0.25) is 9.59 Å². The quantitative estimate of drug-likeness (QED) is 0.844. The Bertz CT molecular complexity index is 526. The van der Waals surface area contributed by atoms with E-state index in [0.717, 1.165) is 31.7 Å². The fourth-order valence-electron chi connectivity index (χ4n) is 2.38. The molecule has 1 aliphatic rings. The molecule has 0 heterocycles. The van der Waals surface area contributed by atoms with Gasteiger partial charge in [-0.15, -0.1) is 0 Å². The van der Waals surface area contributed by atoms with E-state index in [0.29, 0.717) is 5.69 Å². The third-order valence-corrected chi connectivity index (χ3v) is 3.43. The minimum atomic E-state index is -1.10. The van der Waals surface area contributed by atoms with Crippen molar-refractivity contribution in [3.05, 3.63) is 29.6 Å². The second-order valence-electron chi connectivity index (χ2n) is 5.14. The Labute approximate surface area is 122 Å². The van der Waals surface area contributed by atoms with Crippen LogP contribution in [-0.4, -0.2) is 29.7 Å². The number of carbonyl (C=O) groups excluding carboxylic acids is 1. The molecule has 0 aliphatic heterocycles. The number of hydrogen-bond acceptors (Lipinski definition) is 3. The Hall–Kier alpha value is -1.95. The maximum absolute atomic E-state index is 13.6. The van der Waals surface area contributed by atoms with Crippen LogP contribution in [0.15, 0.2) is 18.2 Å². The van der Waals surface area contributed by atoms with Gasteiger partial charge in [-0.2, -0.15) is 0 Å². The van der Waals surface area contributed by atoms with Gasteiger partial charge in [0.1, 0.15) is 12.4 Å². The standard InChI is InChI=1S/C15H18FNO4/c16-13-8-11(6-5-10(13)7-15(19)20)17-14(18)9-21-12-3-1-2-4-12/h5-6,8,12H,1-4,7,9H2,(H,17,18)(H,19,20). The van der Waals surface area contributed by atoms with Crippen LogP contribution < -0.4 is 5.32 Å². The Morgan fingerprint density at radius 3 is 2.67 bits per heavy atom. The lowest BCUT2D eigenvalue weighted by atomic mass is 10.1. The van der Waals surface area contributed by atoms with Gasteiger partial charge in [0.2, 0.25) is 5.91 Å². The molecule has 0 saturated heterocycles. The number of nitrogens with one attached hydrogen (secondary N) is 1. The number of anilines is 1. The summed E-state index contributed by atoms with van der Waals surface area (Å²) in [5.41, 5.74) is 0.379. The Morgan fingerprint density at radius 2 is 2.05 bits per heavy atom. The van der Waals surface area contributed by atoms with E-state index in [1.807, 2.05) is 0 Å². The van der Waals surface area contributed by atoms with Crippen LogP contribution in [0.3, 0.4) is 0 Å². The highest BCUT2D eigenvalue weighted by molar-refractivity contribution is 5.91. The molecule has 2 rings (SSSR count). The van der Waals surface area contributed by atoms with Gasteiger partial charge in [0.05, 0.1) is 12.5 Å². The second-order valence-corrected chi connectivity index (χ2v) is 5.14. The minimum Gasteiger partial charge on any atom is -0.481 e. The Kier molecular flexibility index (Phi) is 5.27. The number of carboxylic acid groups (broad SMARTS) is 1. The first-order valence-electron chi connectivity index (χ1n) is 6.96. The van der Waals surface area contributed by atoms with Crippen molar-refractivity contribution in [3.8, 4) is 0 Å². The number of carboxylic acids is 1. The van der Waals surface area contributed by atoms with Gasteiger partial charge in [-0.05, 0) is 30.5 Å². The highest BCUT2D eigenvalue weighted by Gasteiger charge is 2.17. The van der Waals surface area contributed by atoms with Crippen molar-refractivity contribution in [1.29, 1.82) is 0 Å². The summed E-state index contributed by atoms with van der Waals surface area (Å²) in [5, 5.41) is 11.2. The molecular formula is C15H18FNO4. The number of halogens is 1. The summed E-state index contributed by atoms with van der Waals surface area (Å²) in [5.74, 6) is -2.09. The number of benzene rings is 1. The van der Waals surface area contributed by atoms with E-state index in [1.54, 1.807) is 0 Å². The zero-order valence-electron chi connectivity index (χ0n) is 11.6. The topological polar surface area (TPSA) is 75.6 Å². The Balaban J connectivity index is 1.85. The van der Waals surface area contributed by atoms with Crippen molar-refractivity contribution in [2.24, 2.45) is 0 Å². The summed E-state index contributed by atoms with van der Waals surface area (Å²) in [7, 11) is 0. The van der Waals surface area contributed by atoms with Gasteiger partial charge >= 0.3 is 5.97 Å². The molecule has 1 aromatic carbocycles. The fourth-order valence-corrected chi connectivity index (χ4v) is 2.38. The maximum Gasteiger partial charge on any atom is 0.307 e. The number of rotatable bonds is 6. The number of carbonyl (C=O) groups is 2. The number of hydrogen-bond donors (Lipinski definition) is 2. The first-order valence-corrected chi connectivity index (χ1v) is 6.96. The summed E-state index contributed by atoms with van der Waals surface area (Å²) in [4.78, 5) is 22.2. The van der Waals surface area contributed by atoms with E-state index in [-0.39, 0.29) is 30.6 Å². The van der Waals surface area contributed by atoms with Gasteiger partial charge in [0.15, 0.2) is 0 Å². The van der Waals surface area contributed by atoms with Crippen molar-refractivity contribution in [2.45, 2.75) is 38.2 Å². The normalized spacial score (nSPS) is 15.1. The first-order chi connectivity index (χ1) is 10.0. The average Bonchev–Trinajstić information content (AvgIpc) is 2.92. The van der Waals surface area contributed by atoms with Crippen molar-refractivity contribution in [3.63, 3.8) is 0 Å². The van der Waals surface area contributed by atoms with Gasteiger partial charge in [0.25, 0.3) is 0 Å². The first kappa shape index (κ1) is 15.4. The molecule has 0 unspecified atom stereocenters. The molecule has 1 fully saturated rings. The van der Waals surface area contributed by atoms with Gasteiger partial charge in [-0.25, -0.2) is 4.39 Å². The molecule has 114 valence electrons. The molecule has 1 aliphatic carbocycles. The van der Waals surface area contributed by atoms with Crippen LogP contribution in [0.2, 0.25) is 0 Å².